The summed E-state index contributed by atoms with van der Waals surface area (Å²) >= 11 is 0. The predicted octanol–water partition coefficient (Wildman–Crippen LogP) is 1.72. The molecule has 1 N–H and O–H groups in total. The summed E-state index contributed by atoms with van der Waals surface area (Å²) in [7, 11) is 0. The van der Waals surface area contributed by atoms with Crippen molar-refractivity contribution in [2.75, 3.05) is 6.54 Å². The molecular formula is C13H23N7O. The first kappa shape index (κ1) is 17.1. The molecule has 0 aliphatic rings. The molecule has 0 saturated carbocycles. The van der Waals surface area contributed by atoms with Gasteiger partial charge in [-0.1, -0.05) is 38.0 Å². The molecular weight excluding hydrogens is 270 g/mol. The molecule has 0 aromatic carbocycles. The fraction of sp³-hybridized carbons (Fsp3) is 0.769. The van der Waals surface area contributed by atoms with Gasteiger partial charge in [0.15, 0.2) is 5.78 Å². The Balaban J connectivity index is 2.69. The van der Waals surface area contributed by atoms with Crippen LogP contribution >= 0.6 is 0 Å². The number of carbonyl (C=O) groups is 1. The number of rotatable bonds is 9. The summed E-state index contributed by atoms with van der Waals surface area (Å²) in [6.07, 6.45) is 2.30. The molecule has 0 amide bonds. The van der Waals surface area contributed by atoms with Gasteiger partial charge in [-0.25, -0.2) is 0 Å². The van der Waals surface area contributed by atoms with Crippen LogP contribution < -0.4 is 5.32 Å². The molecule has 1 aromatic heterocycles. The lowest BCUT2D eigenvalue weighted by Crippen LogP contribution is -2.44. The Hall–Kier alpha value is -1.92. The van der Waals surface area contributed by atoms with Crippen LogP contribution in [0.25, 0.3) is 10.4 Å². The van der Waals surface area contributed by atoms with Crippen LogP contribution in [0.4, 0.5) is 0 Å². The van der Waals surface area contributed by atoms with E-state index in [2.05, 4.69) is 25.7 Å². The summed E-state index contributed by atoms with van der Waals surface area (Å²) in [5, 5.41) is 14.8. The highest BCUT2D eigenvalue weighted by molar-refractivity contribution is 5.86. The number of hydrogen-bond acceptors (Lipinski definition) is 5. The molecule has 8 nitrogen and oxygen atoms in total. The lowest BCUT2D eigenvalue weighted by molar-refractivity contribution is -0.124. The Kier molecular flexibility index (Phi) is 6.84. The van der Waals surface area contributed by atoms with Crippen LogP contribution in [0.3, 0.4) is 0 Å². The number of azide groups is 1. The quantitative estimate of drug-likeness (QED) is 0.424. The van der Waals surface area contributed by atoms with Crippen molar-refractivity contribution in [2.45, 2.75) is 52.7 Å². The topological polar surface area (TPSA) is 109 Å². The van der Waals surface area contributed by atoms with Gasteiger partial charge in [0.2, 0.25) is 0 Å². The van der Waals surface area contributed by atoms with Crippen molar-refractivity contribution in [3.8, 4) is 0 Å². The normalized spacial score (nSPS) is 12.5. The molecule has 0 saturated heterocycles. The largest absolute Gasteiger partial charge is 0.305 e. The van der Waals surface area contributed by atoms with Crippen molar-refractivity contribution in [1.29, 1.82) is 0 Å². The number of Topliss-reactive ketones (excluding diaryl/α,β-unsaturated/α-hetero) is 1. The van der Waals surface area contributed by atoms with Gasteiger partial charge in [-0.3, -0.25) is 9.48 Å². The second kappa shape index (κ2) is 8.39. The molecule has 1 atom stereocenters. The maximum Gasteiger partial charge on any atom is 0.152 e. The second-order valence-electron chi connectivity index (χ2n) is 5.56. The fourth-order valence-electron chi connectivity index (χ4n) is 1.99. The summed E-state index contributed by atoms with van der Waals surface area (Å²) in [5.41, 5.74) is 8.99. The number of aromatic nitrogens is 3. The van der Waals surface area contributed by atoms with Crippen molar-refractivity contribution in [3.63, 3.8) is 0 Å². The molecule has 0 unspecified atom stereocenters. The van der Waals surface area contributed by atoms with E-state index < -0.39 is 0 Å². The van der Waals surface area contributed by atoms with Gasteiger partial charge in [0.05, 0.1) is 11.7 Å². The zero-order valence-electron chi connectivity index (χ0n) is 13.0. The first-order chi connectivity index (χ1) is 9.93. The van der Waals surface area contributed by atoms with E-state index >= 15 is 0 Å². The molecule has 0 radical (unpaired) electrons. The lowest BCUT2D eigenvalue weighted by atomic mass is 9.97. The van der Waals surface area contributed by atoms with E-state index in [0.29, 0.717) is 19.5 Å². The first-order valence-electron chi connectivity index (χ1n) is 7.13. The number of ketones is 1. The highest BCUT2D eigenvalue weighted by Crippen LogP contribution is 2.07. The van der Waals surface area contributed by atoms with Gasteiger partial charge in [0.25, 0.3) is 0 Å². The van der Waals surface area contributed by atoms with Gasteiger partial charge in [-0.05, 0) is 5.53 Å². The zero-order chi connectivity index (χ0) is 15.8. The molecule has 0 bridgehead atoms. The van der Waals surface area contributed by atoms with Crippen molar-refractivity contribution in [2.24, 2.45) is 11.0 Å². The highest BCUT2D eigenvalue weighted by Gasteiger charge is 2.23. The van der Waals surface area contributed by atoms with Crippen LogP contribution in [0.5, 0.6) is 0 Å². The molecule has 1 aromatic rings. The fourth-order valence-corrected chi connectivity index (χ4v) is 1.99. The molecule has 0 spiro atoms. The predicted molar refractivity (Wildman–Crippen MR) is 79.6 cm³/mol. The summed E-state index contributed by atoms with van der Waals surface area (Å²) in [6, 6.07) is -0.0370. The van der Waals surface area contributed by atoms with Crippen LogP contribution in [0, 0.1) is 5.92 Å². The Morgan fingerprint density at radius 3 is 2.76 bits per heavy atom. The van der Waals surface area contributed by atoms with Crippen molar-refractivity contribution in [3.05, 3.63) is 22.3 Å². The van der Waals surface area contributed by atoms with E-state index in [-0.39, 0.29) is 23.8 Å². The van der Waals surface area contributed by atoms with E-state index in [1.165, 1.54) is 0 Å². The molecule has 0 aliphatic carbocycles. The third kappa shape index (κ3) is 5.93. The Labute approximate surface area is 124 Å². The minimum Gasteiger partial charge on any atom is -0.305 e. The number of carbonyl (C=O) groups excluding carboxylic acids is 1. The van der Waals surface area contributed by atoms with Crippen molar-refractivity contribution >= 4 is 5.78 Å². The van der Waals surface area contributed by atoms with Crippen LogP contribution in [0.15, 0.2) is 11.3 Å². The standard InChI is InChI=1S/C13H23N7O/c1-9(2)13(21)12(16-10(3)4)7-11-8-20(19-17-11)6-5-15-18-14/h8-10,12,16H,5-7H2,1-4H3/t12-/m0/s1. The van der Waals surface area contributed by atoms with Crippen molar-refractivity contribution in [1.82, 2.24) is 20.3 Å². The zero-order valence-corrected chi connectivity index (χ0v) is 13.0. The maximum absolute atomic E-state index is 12.2. The third-order valence-corrected chi connectivity index (χ3v) is 2.94. The Morgan fingerprint density at radius 1 is 1.48 bits per heavy atom. The average Bonchev–Trinajstić information content (AvgIpc) is 2.84. The monoisotopic (exact) mass is 293 g/mol. The van der Waals surface area contributed by atoms with Gasteiger partial charge in [-0.15, -0.1) is 5.10 Å². The van der Waals surface area contributed by atoms with Gasteiger partial charge >= 0.3 is 0 Å². The van der Waals surface area contributed by atoms with E-state index in [0.717, 1.165) is 5.69 Å². The van der Waals surface area contributed by atoms with Crippen LogP contribution in [0.1, 0.15) is 33.4 Å². The SMILES string of the molecule is CC(C)N[C@@H](Cc1cn(CCN=[N+]=[N-])nn1)C(=O)C(C)C. The minimum atomic E-state index is -0.257. The smallest absolute Gasteiger partial charge is 0.152 e. The molecule has 0 fully saturated rings. The molecule has 8 heteroatoms. The highest BCUT2D eigenvalue weighted by atomic mass is 16.1. The average molecular weight is 293 g/mol. The number of nitrogens with zero attached hydrogens (tertiary/aromatic N) is 6. The Bertz CT molecular complexity index is 502. The van der Waals surface area contributed by atoms with Crippen LogP contribution in [-0.2, 0) is 17.8 Å². The van der Waals surface area contributed by atoms with Crippen LogP contribution in [0.2, 0.25) is 0 Å². The van der Waals surface area contributed by atoms with Gasteiger partial charge in [0, 0.05) is 42.6 Å². The van der Waals surface area contributed by atoms with E-state index in [1.54, 1.807) is 10.9 Å². The van der Waals surface area contributed by atoms with Gasteiger partial charge in [-0.2, -0.15) is 0 Å². The minimum absolute atomic E-state index is 0.0266. The third-order valence-electron chi connectivity index (χ3n) is 2.94. The molecule has 1 heterocycles. The van der Waals surface area contributed by atoms with Gasteiger partial charge < -0.3 is 5.32 Å². The second-order valence-corrected chi connectivity index (χ2v) is 5.56. The van der Waals surface area contributed by atoms with E-state index in [1.807, 2.05) is 27.7 Å². The van der Waals surface area contributed by atoms with Gasteiger partial charge in [0.1, 0.15) is 0 Å². The lowest BCUT2D eigenvalue weighted by Gasteiger charge is -2.20. The van der Waals surface area contributed by atoms with E-state index in [9.17, 15) is 4.79 Å². The Morgan fingerprint density at radius 2 is 2.19 bits per heavy atom. The summed E-state index contributed by atoms with van der Waals surface area (Å²) < 4.78 is 1.62. The number of nitrogens with one attached hydrogen (secondary N) is 1. The molecule has 0 aliphatic heterocycles. The summed E-state index contributed by atoms with van der Waals surface area (Å²) in [5.74, 6) is 0.147. The molecule has 116 valence electrons. The molecule has 21 heavy (non-hydrogen) atoms. The summed E-state index contributed by atoms with van der Waals surface area (Å²) in [4.78, 5) is 14.9. The summed E-state index contributed by atoms with van der Waals surface area (Å²) in [6.45, 7) is 8.63. The molecule has 1 rings (SSSR count). The van der Waals surface area contributed by atoms with Crippen LogP contribution in [-0.4, -0.2) is 39.4 Å². The van der Waals surface area contributed by atoms with E-state index in [4.69, 9.17) is 5.53 Å². The number of hydrogen-bond donors (Lipinski definition) is 1. The maximum atomic E-state index is 12.2. The first-order valence-corrected chi connectivity index (χ1v) is 7.13. The van der Waals surface area contributed by atoms with Crippen molar-refractivity contribution < 1.29 is 4.79 Å².